The first kappa shape index (κ1) is 61.6. The average molecular weight is 891 g/mol. The van der Waals surface area contributed by atoms with Gasteiger partial charge in [0.2, 0.25) is 5.91 Å². The fraction of sp³-hybridized carbons (Fsp3) is 0.930. The van der Waals surface area contributed by atoms with Gasteiger partial charge in [0.1, 0.15) is 6.10 Å². The van der Waals surface area contributed by atoms with E-state index in [-0.39, 0.29) is 24.9 Å². The van der Waals surface area contributed by atoms with E-state index in [1.165, 1.54) is 218 Å². The second kappa shape index (κ2) is 51.6. The summed E-state index contributed by atoms with van der Waals surface area (Å²) in [6.07, 6.45) is 58.4. The average Bonchev–Trinajstić information content (AvgIpc) is 3.28. The van der Waals surface area contributed by atoms with E-state index in [0.717, 1.165) is 51.4 Å². The molecule has 0 aromatic rings. The summed E-state index contributed by atoms with van der Waals surface area (Å²) >= 11 is 0. The molecule has 0 saturated heterocycles. The number of hydrogen-bond donors (Lipinski definition) is 3. The lowest BCUT2D eigenvalue weighted by Gasteiger charge is -2.24. The number of aliphatic hydroxyl groups is 2. The Morgan fingerprint density at radius 2 is 0.762 bits per heavy atom. The normalized spacial score (nSPS) is 13.2. The van der Waals surface area contributed by atoms with Crippen LogP contribution in [0.4, 0.5) is 0 Å². The molecule has 63 heavy (non-hydrogen) atoms. The molecule has 6 heteroatoms. The molecule has 0 aromatic carbocycles. The van der Waals surface area contributed by atoms with Gasteiger partial charge in [-0.3, -0.25) is 9.59 Å². The zero-order chi connectivity index (χ0) is 45.9. The summed E-state index contributed by atoms with van der Waals surface area (Å²) in [5.41, 5.74) is 0. The molecule has 3 unspecified atom stereocenters. The van der Waals surface area contributed by atoms with Crippen molar-refractivity contribution in [2.75, 3.05) is 6.61 Å². The fourth-order valence-corrected chi connectivity index (χ4v) is 9.02. The van der Waals surface area contributed by atoms with Gasteiger partial charge in [-0.25, -0.2) is 0 Å². The van der Waals surface area contributed by atoms with Crippen molar-refractivity contribution in [3.8, 4) is 0 Å². The van der Waals surface area contributed by atoms with Crippen LogP contribution < -0.4 is 5.32 Å². The Kier molecular flexibility index (Phi) is 50.4. The van der Waals surface area contributed by atoms with Crippen LogP contribution in [-0.2, 0) is 14.3 Å². The topological polar surface area (TPSA) is 95.9 Å². The number of carbonyl (C=O) groups is 2. The van der Waals surface area contributed by atoms with E-state index in [4.69, 9.17) is 4.74 Å². The summed E-state index contributed by atoms with van der Waals surface area (Å²) in [6.45, 7) is 6.51. The van der Waals surface area contributed by atoms with Crippen LogP contribution in [0.15, 0.2) is 12.2 Å². The molecule has 0 aliphatic carbocycles. The van der Waals surface area contributed by atoms with E-state index >= 15 is 0 Å². The predicted molar refractivity (Wildman–Crippen MR) is 273 cm³/mol. The molecular formula is C57H111NO5. The molecule has 0 radical (unpaired) electrons. The summed E-state index contributed by atoms with van der Waals surface area (Å²) in [7, 11) is 0. The minimum Gasteiger partial charge on any atom is -0.462 e. The highest BCUT2D eigenvalue weighted by atomic mass is 16.5. The minimum atomic E-state index is -0.783. The monoisotopic (exact) mass is 890 g/mol. The zero-order valence-electron chi connectivity index (χ0n) is 42.7. The number of ether oxygens (including phenoxy) is 1. The van der Waals surface area contributed by atoms with Crippen LogP contribution in [0.3, 0.4) is 0 Å². The first-order valence-corrected chi connectivity index (χ1v) is 28.4. The molecule has 0 fully saturated rings. The van der Waals surface area contributed by atoms with Crippen molar-refractivity contribution in [1.29, 1.82) is 0 Å². The van der Waals surface area contributed by atoms with Crippen LogP contribution in [0, 0.1) is 0 Å². The maximum atomic E-state index is 13.2. The number of aliphatic hydroxyl groups excluding tert-OH is 2. The van der Waals surface area contributed by atoms with Gasteiger partial charge in [0, 0.05) is 6.42 Å². The molecule has 0 bridgehead atoms. The van der Waals surface area contributed by atoms with E-state index in [2.05, 4.69) is 38.2 Å². The van der Waals surface area contributed by atoms with Crippen LogP contribution in [0.1, 0.15) is 316 Å². The molecule has 1 amide bonds. The summed E-state index contributed by atoms with van der Waals surface area (Å²) in [5.74, 6) is -0.456. The molecule has 0 saturated carbocycles. The highest BCUT2D eigenvalue weighted by molar-refractivity contribution is 5.77. The lowest BCUT2D eigenvalue weighted by molar-refractivity contribution is -0.151. The number of esters is 1. The van der Waals surface area contributed by atoms with Gasteiger partial charge >= 0.3 is 5.97 Å². The number of carbonyl (C=O) groups excluding carboxylic acids is 2. The summed E-state index contributed by atoms with van der Waals surface area (Å²) < 4.78 is 5.96. The van der Waals surface area contributed by atoms with Crippen LogP contribution in [0.25, 0.3) is 0 Å². The van der Waals surface area contributed by atoms with Crippen molar-refractivity contribution >= 4 is 11.9 Å². The molecule has 374 valence electrons. The second-order valence-electron chi connectivity index (χ2n) is 19.7. The van der Waals surface area contributed by atoms with Gasteiger partial charge in [-0.1, -0.05) is 264 Å². The number of rotatable bonds is 52. The fourth-order valence-electron chi connectivity index (χ4n) is 9.02. The van der Waals surface area contributed by atoms with Gasteiger partial charge in [0.15, 0.2) is 0 Å². The molecule has 0 spiro atoms. The largest absolute Gasteiger partial charge is 0.462 e. The molecule has 6 nitrogen and oxygen atoms in total. The van der Waals surface area contributed by atoms with Gasteiger partial charge in [0.25, 0.3) is 0 Å². The first-order chi connectivity index (χ1) is 31.0. The van der Waals surface area contributed by atoms with Crippen molar-refractivity contribution < 1.29 is 24.5 Å². The first-order valence-electron chi connectivity index (χ1n) is 28.4. The van der Waals surface area contributed by atoms with E-state index in [0.29, 0.717) is 19.3 Å². The Bertz CT molecular complexity index is 955. The van der Waals surface area contributed by atoms with Crippen LogP contribution in [0.2, 0.25) is 0 Å². The third kappa shape index (κ3) is 46.9. The standard InChI is InChI=1S/C57H111NO5/c1-4-7-10-13-16-19-22-25-27-28-30-31-33-36-39-42-45-48-53(63-57(62)50-47-44-41-38-35-32-29-26-23-20-17-14-11-8-5-2)51-56(61)58-54(52-59)55(60)49-46-43-40-37-34-24-21-18-15-12-9-6-3/h25,27,53-55,59-60H,4-24,26,28-52H2,1-3H3,(H,58,61)/b27-25+. The molecule has 0 aromatic heterocycles. The maximum absolute atomic E-state index is 13.2. The van der Waals surface area contributed by atoms with Gasteiger partial charge in [-0.15, -0.1) is 0 Å². The lowest BCUT2D eigenvalue weighted by Crippen LogP contribution is -2.46. The smallest absolute Gasteiger partial charge is 0.306 e. The van der Waals surface area contributed by atoms with E-state index in [1.54, 1.807) is 0 Å². The van der Waals surface area contributed by atoms with Crippen molar-refractivity contribution in [1.82, 2.24) is 5.32 Å². The Morgan fingerprint density at radius 1 is 0.444 bits per heavy atom. The number of allylic oxidation sites excluding steroid dienone is 2. The van der Waals surface area contributed by atoms with E-state index in [9.17, 15) is 19.8 Å². The summed E-state index contributed by atoms with van der Waals surface area (Å²) in [4.78, 5) is 26.2. The van der Waals surface area contributed by atoms with E-state index < -0.39 is 18.2 Å². The van der Waals surface area contributed by atoms with Crippen molar-refractivity contribution in [3.05, 3.63) is 12.2 Å². The van der Waals surface area contributed by atoms with Gasteiger partial charge < -0.3 is 20.3 Å². The Hall–Kier alpha value is -1.40. The third-order valence-electron chi connectivity index (χ3n) is 13.3. The van der Waals surface area contributed by atoms with E-state index in [1.807, 2.05) is 0 Å². The molecule has 0 heterocycles. The molecule has 0 aliphatic rings. The zero-order valence-corrected chi connectivity index (χ0v) is 42.7. The van der Waals surface area contributed by atoms with Gasteiger partial charge in [-0.05, 0) is 51.4 Å². The summed E-state index contributed by atoms with van der Waals surface area (Å²) in [6, 6.07) is -0.697. The molecule has 3 N–H and O–H groups in total. The van der Waals surface area contributed by atoms with Crippen molar-refractivity contribution in [2.24, 2.45) is 0 Å². The predicted octanol–water partition coefficient (Wildman–Crippen LogP) is 17.3. The summed E-state index contributed by atoms with van der Waals surface area (Å²) in [5, 5.41) is 23.8. The van der Waals surface area contributed by atoms with Crippen LogP contribution in [0.5, 0.6) is 0 Å². The van der Waals surface area contributed by atoms with Gasteiger partial charge in [0.05, 0.1) is 25.2 Å². The molecule has 0 rings (SSSR count). The number of amides is 1. The van der Waals surface area contributed by atoms with Crippen molar-refractivity contribution in [2.45, 2.75) is 334 Å². The molecule has 0 aliphatic heterocycles. The number of unbranched alkanes of at least 4 members (excludes halogenated alkanes) is 38. The second-order valence-corrected chi connectivity index (χ2v) is 19.7. The number of hydrogen-bond acceptors (Lipinski definition) is 5. The van der Waals surface area contributed by atoms with Crippen molar-refractivity contribution in [3.63, 3.8) is 0 Å². The maximum Gasteiger partial charge on any atom is 0.306 e. The molecule has 3 atom stereocenters. The Balaban J connectivity index is 4.53. The van der Waals surface area contributed by atoms with Crippen LogP contribution in [-0.4, -0.2) is 46.9 Å². The Morgan fingerprint density at radius 3 is 1.13 bits per heavy atom. The highest BCUT2D eigenvalue weighted by Gasteiger charge is 2.24. The van der Waals surface area contributed by atoms with Crippen LogP contribution >= 0.6 is 0 Å². The highest BCUT2D eigenvalue weighted by Crippen LogP contribution is 2.19. The lowest BCUT2D eigenvalue weighted by atomic mass is 10.0. The Labute approximate surface area is 393 Å². The quantitative estimate of drug-likeness (QED) is 0.0321. The van der Waals surface area contributed by atoms with Gasteiger partial charge in [-0.2, -0.15) is 0 Å². The molecular weight excluding hydrogens is 779 g/mol. The third-order valence-corrected chi connectivity index (χ3v) is 13.3. The minimum absolute atomic E-state index is 0.0821. The number of nitrogens with one attached hydrogen (secondary N) is 1. The SMILES string of the molecule is CCCCCCCC/C=C/CCCCCCCCCC(CC(=O)NC(CO)C(O)CCCCCCCCCCCCCC)OC(=O)CCCCCCCCCCCCCCCCC.